The van der Waals surface area contributed by atoms with Crippen molar-refractivity contribution in [3.05, 3.63) is 0 Å². The van der Waals surface area contributed by atoms with E-state index in [-0.39, 0.29) is 0 Å². The smallest absolute Gasteiger partial charge is 0.339 e. The summed E-state index contributed by atoms with van der Waals surface area (Å²) in [6.07, 6.45) is 2.10. The lowest BCUT2D eigenvalue weighted by atomic mass is 10.5. The number of hydrogen-bond acceptors (Lipinski definition) is 2. The van der Waals surface area contributed by atoms with Crippen LogP contribution >= 0.6 is 11.6 Å². The summed E-state index contributed by atoms with van der Waals surface area (Å²) >= 11 is 5.80. The summed E-state index contributed by atoms with van der Waals surface area (Å²) in [5.74, 6) is 0.646. The van der Waals surface area contributed by atoms with E-state index >= 15 is 0 Å². The van der Waals surface area contributed by atoms with Gasteiger partial charge in [0.25, 0.3) is 0 Å². The SMILES string of the molecule is CCCO[Si](CC)(CCCl)OCCC. The minimum atomic E-state index is -1.94. The first kappa shape index (κ1) is 14.4. The van der Waals surface area contributed by atoms with Gasteiger partial charge in [-0.25, -0.2) is 0 Å². The molecule has 0 aliphatic heterocycles. The van der Waals surface area contributed by atoms with Crippen LogP contribution in [0.15, 0.2) is 0 Å². The van der Waals surface area contributed by atoms with E-state index in [1.54, 1.807) is 0 Å². The maximum atomic E-state index is 5.90. The average molecular weight is 239 g/mol. The van der Waals surface area contributed by atoms with E-state index in [1.807, 2.05) is 0 Å². The van der Waals surface area contributed by atoms with Crippen molar-refractivity contribution >= 4 is 20.2 Å². The van der Waals surface area contributed by atoms with Crippen LogP contribution in [0.5, 0.6) is 0 Å². The van der Waals surface area contributed by atoms with Crippen LogP contribution in [0.3, 0.4) is 0 Å². The number of rotatable bonds is 9. The highest BCUT2D eigenvalue weighted by Gasteiger charge is 2.34. The van der Waals surface area contributed by atoms with Crippen molar-refractivity contribution in [2.75, 3.05) is 19.1 Å². The predicted molar refractivity (Wildman–Crippen MR) is 64.2 cm³/mol. The van der Waals surface area contributed by atoms with E-state index in [0.29, 0.717) is 5.88 Å². The summed E-state index contributed by atoms with van der Waals surface area (Å²) in [5, 5.41) is 0. The fourth-order valence-electron chi connectivity index (χ4n) is 1.29. The summed E-state index contributed by atoms with van der Waals surface area (Å²) in [6.45, 7) is 8.00. The first-order valence-electron chi connectivity index (χ1n) is 5.58. The highest BCUT2D eigenvalue weighted by molar-refractivity contribution is 6.68. The zero-order valence-electron chi connectivity index (χ0n) is 9.64. The van der Waals surface area contributed by atoms with Crippen molar-refractivity contribution in [1.82, 2.24) is 0 Å². The molecule has 86 valence electrons. The molecule has 0 atom stereocenters. The molecule has 0 N–H and O–H groups in total. The van der Waals surface area contributed by atoms with Crippen LogP contribution in [-0.2, 0) is 8.85 Å². The monoisotopic (exact) mass is 238 g/mol. The summed E-state index contributed by atoms with van der Waals surface area (Å²) < 4.78 is 11.8. The largest absolute Gasteiger partial charge is 0.394 e. The second kappa shape index (κ2) is 8.71. The van der Waals surface area contributed by atoms with E-state index in [2.05, 4.69) is 20.8 Å². The Morgan fingerprint density at radius 3 is 1.79 bits per heavy atom. The Balaban J connectivity index is 4.11. The van der Waals surface area contributed by atoms with Crippen molar-refractivity contribution in [1.29, 1.82) is 0 Å². The maximum absolute atomic E-state index is 5.90. The highest BCUT2D eigenvalue weighted by atomic mass is 35.5. The Kier molecular flexibility index (Phi) is 8.98. The fraction of sp³-hybridized carbons (Fsp3) is 1.00. The highest BCUT2D eigenvalue weighted by Crippen LogP contribution is 2.20. The molecule has 0 unspecified atom stereocenters. The zero-order valence-corrected chi connectivity index (χ0v) is 11.4. The second-order valence-corrected chi connectivity index (χ2v) is 7.38. The van der Waals surface area contributed by atoms with E-state index in [9.17, 15) is 0 Å². The Morgan fingerprint density at radius 1 is 1.00 bits per heavy atom. The van der Waals surface area contributed by atoms with Gasteiger partial charge < -0.3 is 8.85 Å². The summed E-state index contributed by atoms with van der Waals surface area (Å²) in [7, 11) is -1.94. The molecule has 0 aromatic rings. The minimum Gasteiger partial charge on any atom is -0.394 e. The molecule has 4 heteroatoms. The van der Waals surface area contributed by atoms with Gasteiger partial charge in [-0.1, -0.05) is 20.8 Å². The van der Waals surface area contributed by atoms with Crippen molar-refractivity contribution in [3.8, 4) is 0 Å². The average Bonchev–Trinajstić information content (AvgIpc) is 2.22. The van der Waals surface area contributed by atoms with Gasteiger partial charge in [0.1, 0.15) is 0 Å². The van der Waals surface area contributed by atoms with Crippen LogP contribution in [0.2, 0.25) is 12.1 Å². The van der Waals surface area contributed by atoms with Gasteiger partial charge in [0.15, 0.2) is 0 Å². The zero-order chi connectivity index (χ0) is 10.9. The number of alkyl halides is 1. The topological polar surface area (TPSA) is 18.5 Å². The van der Waals surface area contributed by atoms with Crippen LogP contribution in [0.4, 0.5) is 0 Å². The van der Waals surface area contributed by atoms with Gasteiger partial charge in [0.2, 0.25) is 0 Å². The van der Waals surface area contributed by atoms with Gasteiger partial charge in [-0.3, -0.25) is 0 Å². The van der Waals surface area contributed by atoms with Crippen LogP contribution < -0.4 is 0 Å². The number of hydrogen-bond donors (Lipinski definition) is 0. The molecule has 0 aliphatic carbocycles. The molecule has 0 rings (SSSR count). The van der Waals surface area contributed by atoms with Crippen LogP contribution in [-0.4, -0.2) is 27.7 Å². The molecule has 2 nitrogen and oxygen atoms in total. The van der Waals surface area contributed by atoms with Gasteiger partial charge in [0, 0.05) is 25.1 Å². The molecule has 0 saturated carbocycles. The van der Waals surface area contributed by atoms with Gasteiger partial charge >= 0.3 is 8.56 Å². The summed E-state index contributed by atoms with van der Waals surface area (Å²) in [5.41, 5.74) is 0. The van der Waals surface area contributed by atoms with Crippen LogP contribution in [0, 0.1) is 0 Å². The van der Waals surface area contributed by atoms with Crippen molar-refractivity contribution in [3.63, 3.8) is 0 Å². The van der Waals surface area contributed by atoms with Crippen molar-refractivity contribution < 1.29 is 8.85 Å². The number of halogens is 1. The molecule has 0 aromatic heterocycles. The van der Waals surface area contributed by atoms with Crippen LogP contribution in [0.25, 0.3) is 0 Å². The molecular weight excluding hydrogens is 216 g/mol. The molecular formula is C10H23ClO2Si. The normalized spacial score (nSPS) is 12.0. The lowest BCUT2D eigenvalue weighted by Crippen LogP contribution is -2.42. The maximum Gasteiger partial charge on any atom is 0.339 e. The predicted octanol–water partition coefficient (Wildman–Crippen LogP) is 3.54. The van der Waals surface area contributed by atoms with Crippen molar-refractivity contribution in [2.45, 2.75) is 45.7 Å². The Morgan fingerprint density at radius 2 is 1.50 bits per heavy atom. The molecule has 0 spiro atoms. The van der Waals surface area contributed by atoms with E-state index in [0.717, 1.165) is 38.1 Å². The third-order valence-corrected chi connectivity index (χ3v) is 6.21. The molecule has 0 bridgehead atoms. The third kappa shape index (κ3) is 5.34. The first-order chi connectivity index (χ1) is 6.74. The van der Waals surface area contributed by atoms with Crippen LogP contribution in [0.1, 0.15) is 33.6 Å². The Bertz CT molecular complexity index is 125. The van der Waals surface area contributed by atoms with E-state index in [4.69, 9.17) is 20.5 Å². The standard InChI is InChI=1S/C10H23ClO2Si/c1-4-8-12-14(6-3,10-7-11)13-9-5-2/h4-10H2,1-3H3. The molecule has 14 heavy (non-hydrogen) atoms. The molecule has 0 aliphatic rings. The molecule has 0 radical (unpaired) electrons. The summed E-state index contributed by atoms with van der Waals surface area (Å²) in [4.78, 5) is 0. The lowest BCUT2D eigenvalue weighted by Gasteiger charge is -2.29. The first-order valence-corrected chi connectivity index (χ1v) is 8.35. The van der Waals surface area contributed by atoms with Gasteiger partial charge in [0.05, 0.1) is 0 Å². The van der Waals surface area contributed by atoms with Gasteiger partial charge in [-0.15, -0.1) is 11.6 Å². The fourth-order valence-corrected chi connectivity index (χ4v) is 4.72. The quantitative estimate of drug-likeness (QED) is 0.452. The Labute approximate surface area is 94.2 Å². The van der Waals surface area contributed by atoms with E-state index < -0.39 is 8.56 Å². The van der Waals surface area contributed by atoms with E-state index in [1.165, 1.54) is 0 Å². The molecule has 0 heterocycles. The third-order valence-electron chi connectivity index (χ3n) is 2.15. The minimum absolute atomic E-state index is 0.646. The molecule has 0 aromatic carbocycles. The van der Waals surface area contributed by atoms with Crippen molar-refractivity contribution in [2.24, 2.45) is 0 Å². The molecule has 0 fully saturated rings. The Hall–Kier alpha value is 0.427. The summed E-state index contributed by atoms with van der Waals surface area (Å²) in [6, 6.07) is 1.91. The van der Waals surface area contributed by atoms with Gasteiger partial charge in [-0.05, 0) is 18.9 Å². The second-order valence-electron chi connectivity index (χ2n) is 3.40. The van der Waals surface area contributed by atoms with Gasteiger partial charge in [-0.2, -0.15) is 0 Å². The molecule has 0 saturated heterocycles. The lowest BCUT2D eigenvalue weighted by molar-refractivity contribution is 0.169. The molecule has 0 amide bonds.